The summed E-state index contributed by atoms with van der Waals surface area (Å²) < 4.78 is 11.4. The van der Waals surface area contributed by atoms with Gasteiger partial charge in [-0.2, -0.15) is 5.10 Å². The molecule has 0 aliphatic carbocycles. The summed E-state index contributed by atoms with van der Waals surface area (Å²) in [5.41, 5.74) is 1.80. The van der Waals surface area contributed by atoms with Crippen LogP contribution in [0.1, 0.15) is 0 Å². The van der Waals surface area contributed by atoms with Crippen molar-refractivity contribution in [3.8, 4) is 16.3 Å². The van der Waals surface area contributed by atoms with Gasteiger partial charge in [0.15, 0.2) is 5.65 Å². The van der Waals surface area contributed by atoms with E-state index in [1.807, 2.05) is 35.0 Å². The third kappa shape index (κ3) is 2.06. The van der Waals surface area contributed by atoms with Gasteiger partial charge in [0.05, 0.1) is 22.9 Å². The van der Waals surface area contributed by atoms with Gasteiger partial charge in [-0.25, -0.2) is 9.50 Å². The largest absolute Gasteiger partial charge is 0.495 e. The highest BCUT2D eigenvalue weighted by atomic mass is 32.1. The number of rotatable bonds is 3. The molecule has 0 saturated heterocycles. The van der Waals surface area contributed by atoms with Gasteiger partial charge in [-0.05, 0) is 29.7 Å². The summed E-state index contributed by atoms with van der Waals surface area (Å²) in [5.74, 6) is 1.67. The molecule has 0 fully saturated rings. The molecule has 22 heavy (non-hydrogen) atoms. The fraction of sp³-hybridized carbons (Fsp3) is 0.0667. The highest BCUT2D eigenvalue weighted by molar-refractivity contribution is 7.22. The first-order valence-corrected chi connectivity index (χ1v) is 8.08. The summed E-state index contributed by atoms with van der Waals surface area (Å²) in [7, 11) is 1.70. The highest BCUT2D eigenvalue weighted by Crippen LogP contribution is 2.38. The molecule has 0 aliphatic heterocycles. The topological polar surface area (TPSA) is 51.5 Å². The number of anilines is 1. The molecule has 0 bridgehead atoms. The number of nitrogens with zero attached hydrogens (tertiary/aromatic N) is 3. The van der Waals surface area contributed by atoms with Gasteiger partial charge in [0.25, 0.3) is 0 Å². The molecule has 3 heterocycles. The van der Waals surface area contributed by atoms with Gasteiger partial charge in [-0.3, -0.25) is 0 Å². The van der Waals surface area contributed by atoms with E-state index in [2.05, 4.69) is 43.0 Å². The zero-order chi connectivity index (χ0) is 15.1. The van der Waals surface area contributed by atoms with Gasteiger partial charge in [0, 0.05) is 0 Å². The first-order chi connectivity index (χ1) is 10.8. The van der Waals surface area contributed by atoms with E-state index in [9.17, 15) is 0 Å². The normalized spacial score (nSPS) is 11.1. The Balaban J connectivity index is 1.95. The number of fused-ring (bicyclic) bond motifs is 2. The predicted molar refractivity (Wildman–Crippen MR) is 89.7 cm³/mol. The second-order valence-corrected chi connectivity index (χ2v) is 6.11. The van der Waals surface area contributed by atoms with Crippen LogP contribution in [0.25, 0.3) is 26.3 Å². The average molecular weight is 322 g/mol. The van der Waals surface area contributed by atoms with Crippen molar-refractivity contribution < 1.29 is 4.74 Å². The molecule has 1 N–H and O–H groups in total. The second-order valence-electron chi connectivity index (χ2n) is 4.77. The highest BCUT2D eigenvalue weighted by Gasteiger charge is 2.13. The van der Waals surface area contributed by atoms with Crippen LogP contribution < -0.4 is 9.04 Å². The molecule has 2 radical (unpaired) electrons. The summed E-state index contributed by atoms with van der Waals surface area (Å²) in [4.78, 5) is 5.54. The van der Waals surface area contributed by atoms with Crippen molar-refractivity contribution in [3.05, 3.63) is 42.6 Å². The second kappa shape index (κ2) is 5.29. The molecule has 0 spiro atoms. The lowest BCUT2D eigenvalue weighted by Gasteiger charge is -2.02. The van der Waals surface area contributed by atoms with E-state index >= 15 is 0 Å². The molecule has 0 aliphatic rings. The predicted octanol–water partition coefficient (Wildman–Crippen LogP) is 3.12. The third-order valence-electron chi connectivity index (χ3n) is 3.49. The van der Waals surface area contributed by atoms with Crippen LogP contribution in [0, 0.1) is 0 Å². The first kappa shape index (κ1) is 13.6. The Bertz CT molecular complexity index is 978. The van der Waals surface area contributed by atoms with Crippen LogP contribution in [0.15, 0.2) is 42.6 Å². The maximum absolute atomic E-state index is 5.44. The van der Waals surface area contributed by atoms with Gasteiger partial charge in [0.1, 0.15) is 17.3 Å². The van der Waals surface area contributed by atoms with E-state index in [-0.39, 0.29) is 0 Å². The number of nitrogens with one attached hydrogen (secondary N) is 1. The lowest BCUT2D eigenvalue weighted by Crippen LogP contribution is -2.00. The molecule has 4 rings (SSSR count). The number of aromatic nitrogens is 3. The summed E-state index contributed by atoms with van der Waals surface area (Å²) in [6.07, 6.45) is 1.85. The van der Waals surface area contributed by atoms with Crippen LogP contribution in [-0.4, -0.2) is 38.2 Å². The van der Waals surface area contributed by atoms with E-state index in [1.54, 1.807) is 18.4 Å². The van der Waals surface area contributed by atoms with Crippen LogP contribution in [0.3, 0.4) is 0 Å². The van der Waals surface area contributed by atoms with Crippen LogP contribution >= 0.6 is 11.3 Å². The summed E-state index contributed by atoms with van der Waals surface area (Å²) >= 11 is 4.14. The van der Waals surface area contributed by atoms with Crippen molar-refractivity contribution >= 4 is 49.4 Å². The van der Waals surface area contributed by atoms with Crippen LogP contribution in [0.5, 0.6) is 5.75 Å². The molecular formula is C15H11AlN4OS. The summed E-state index contributed by atoms with van der Waals surface area (Å²) in [5, 5.41) is 5.70. The van der Waals surface area contributed by atoms with Gasteiger partial charge in [-0.15, -0.1) is 11.3 Å². The van der Waals surface area contributed by atoms with Crippen molar-refractivity contribution in [3.63, 3.8) is 0 Å². The quantitative estimate of drug-likeness (QED) is 0.589. The van der Waals surface area contributed by atoms with Crippen LogP contribution in [0.2, 0.25) is 0 Å². The minimum absolute atomic E-state index is 0.774. The number of imidazole rings is 1. The van der Waals surface area contributed by atoms with Gasteiger partial charge in [-0.1, -0.05) is 12.1 Å². The maximum atomic E-state index is 5.44. The van der Waals surface area contributed by atoms with Crippen molar-refractivity contribution in [1.29, 1.82) is 0 Å². The maximum Gasteiger partial charge on any atom is 0.308 e. The average Bonchev–Trinajstić information content (AvgIpc) is 3.16. The zero-order valence-electron chi connectivity index (χ0n) is 11.8. The zero-order valence-corrected chi connectivity index (χ0v) is 13.7. The minimum atomic E-state index is 0.774. The minimum Gasteiger partial charge on any atom is -0.495 e. The Labute approximate surface area is 139 Å². The number of hydrogen-bond acceptors (Lipinski definition) is 5. The monoisotopic (exact) mass is 322 g/mol. The Hall–Kier alpha value is -2.07. The van der Waals surface area contributed by atoms with E-state index < -0.39 is 0 Å². The number of hydrogen-bond donors (Lipinski definition) is 1. The lowest BCUT2D eigenvalue weighted by atomic mass is 10.2. The Morgan fingerprint density at radius 2 is 2.18 bits per heavy atom. The van der Waals surface area contributed by atoms with Crippen LogP contribution in [-0.2, 0) is 0 Å². The van der Waals surface area contributed by atoms with E-state index in [1.165, 1.54) is 0 Å². The van der Waals surface area contributed by atoms with Crippen LogP contribution in [0.4, 0.5) is 5.82 Å². The van der Waals surface area contributed by atoms with Crippen molar-refractivity contribution in [2.45, 2.75) is 0 Å². The van der Waals surface area contributed by atoms with Crippen molar-refractivity contribution in [2.75, 3.05) is 11.4 Å². The van der Waals surface area contributed by atoms with Crippen molar-refractivity contribution in [1.82, 2.24) is 14.6 Å². The number of thiophene rings is 1. The molecule has 0 unspecified atom stereocenters. The van der Waals surface area contributed by atoms with Gasteiger partial charge in [0.2, 0.25) is 0 Å². The molecular weight excluding hydrogens is 311 g/mol. The standard InChI is InChI=1S/C15H11N4OS.Al/c1-20-11-4-2-3-9-7-12(21-15(9)11)10-8-17-14-6-5-13(16)18-19(10)14;/h2-8H,1H3,(H-,16,18);/q-1;+1. The fourth-order valence-corrected chi connectivity index (χ4v) is 3.74. The number of methoxy groups -OCH3 is 1. The molecule has 5 nitrogen and oxygen atoms in total. The molecule has 4 aromatic rings. The molecule has 7 heteroatoms. The van der Waals surface area contributed by atoms with Crippen molar-refractivity contribution in [2.24, 2.45) is 0 Å². The van der Waals surface area contributed by atoms with E-state index in [4.69, 9.17) is 4.74 Å². The molecule has 3 aromatic heterocycles. The molecule has 0 saturated carbocycles. The Morgan fingerprint density at radius 1 is 1.27 bits per heavy atom. The summed E-state index contributed by atoms with van der Waals surface area (Å²) in [6.45, 7) is 0. The van der Waals surface area contributed by atoms with Gasteiger partial charge >= 0.3 is 16.5 Å². The molecule has 0 amide bonds. The Kier molecular flexibility index (Phi) is 3.27. The lowest BCUT2D eigenvalue weighted by molar-refractivity contribution is 0.420. The number of ether oxygens (including phenoxy) is 1. The SMILES string of the molecule is COc1cccc2cc(-c3cnc4ccc([NH][Al])nn34)sc12. The molecule has 0 atom stereocenters. The molecule has 106 valence electrons. The Morgan fingerprint density at radius 3 is 3.00 bits per heavy atom. The third-order valence-corrected chi connectivity index (χ3v) is 4.97. The first-order valence-electron chi connectivity index (χ1n) is 6.68. The summed E-state index contributed by atoms with van der Waals surface area (Å²) in [6, 6.07) is 12.1. The smallest absolute Gasteiger partial charge is 0.308 e. The molecule has 1 aromatic carbocycles. The van der Waals surface area contributed by atoms with E-state index in [0.717, 1.165) is 37.9 Å². The van der Waals surface area contributed by atoms with E-state index in [0.29, 0.717) is 0 Å². The fourth-order valence-electron chi connectivity index (χ4n) is 2.44. The number of benzene rings is 1. The van der Waals surface area contributed by atoms with Gasteiger partial charge < -0.3 is 9.04 Å².